The van der Waals surface area contributed by atoms with Gasteiger partial charge in [-0.15, -0.1) is 0 Å². The average Bonchev–Trinajstić information content (AvgIpc) is 2.02. The van der Waals surface area contributed by atoms with Gasteiger partial charge in [0.2, 0.25) is 12.6 Å². The van der Waals surface area contributed by atoms with Crippen LogP contribution in [0, 0.1) is 0 Å². The van der Waals surface area contributed by atoms with Crippen molar-refractivity contribution in [3.8, 4) is 0 Å². The smallest absolute Gasteiger partial charge is 0.206 e. The molecule has 0 aliphatic rings. The van der Waals surface area contributed by atoms with Crippen LogP contribution in [0.2, 0.25) is 0 Å². The maximum atomic E-state index is 10.6. The Balaban J connectivity index is 3.53. The normalized spacial score (nSPS) is 9.00. The van der Waals surface area contributed by atoms with Crippen LogP contribution in [0.15, 0.2) is 0 Å². The highest BCUT2D eigenvalue weighted by Crippen LogP contribution is 1.96. The molecule has 2 radical (unpaired) electrons. The van der Waals surface area contributed by atoms with Crippen LogP contribution in [0.3, 0.4) is 0 Å². The molecule has 0 aromatic rings. The number of hydrogen-bond acceptors (Lipinski definition) is 4. The number of ketones is 2. The van der Waals surface area contributed by atoms with Crippen molar-refractivity contribution in [3.63, 3.8) is 0 Å². The summed E-state index contributed by atoms with van der Waals surface area (Å²) in [5.41, 5.74) is 0. The van der Waals surface area contributed by atoms with E-state index in [2.05, 4.69) is 0 Å². The van der Waals surface area contributed by atoms with Gasteiger partial charge in [0.05, 0.1) is 12.8 Å². The Hall–Kier alpha value is -1.32. The van der Waals surface area contributed by atoms with Crippen molar-refractivity contribution in [1.29, 1.82) is 0 Å². The minimum absolute atomic E-state index is 0.00968. The predicted octanol–water partition coefficient (Wildman–Crippen LogP) is -0.0956. The van der Waals surface area contributed by atoms with E-state index < -0.39 is 0 Å². The molecule has 4 nitrogen and oxygen atoms in total. The Kier molecular flexibility index (Phi) is 5.69. The highest BCUT2D eigenvalue weighted by Gasteiger charge is 2.06. The second-order valence-electron chi connectivity index (χ2n) is 2.22. The third kappa shape index (κ3) is 5.46. The number of hydrogen-bond donors (Lipinski definition) is 0. The summed E-state index contributed by atoms with van der Waals surface area (Å²) >= 11 is 0. The summed E-state index contributed by atoms with van der Waals surface area (Å²) in [6.45, 7) is 0. The topological polar surface area (TPSA) is 68.3 Å². The van der Waals surface area contributed by atoms with E-state index in [1.54, 1.807) is 0 Å². The molecule has 12 heavy (non-hydrogen) atoms. The molecule has 0 atom stereocenters. The minimum Gasteiger partial charge on any atom is -0.299 e. The molecular weight excluding hydrogens is 160 g/mol. The lowest BCUT2D eigenvalue weighted by molar-refractivity contribution is -0.123. The summed E-state index contributed by atoms with van der Waals surface area (Å²) in [6, 6.07) is 0. The van der Waals surface area contributed by atoms with Gasteiger partial charge >= 0.3 is 0 Å². The molecule has 0 N–H and O–H groups in total. The third-order valence-electron chi connectivity index (χ3n) is 1.22. The van der Waals surface area contributed by atoms with Gasteiger partial charge in [-0.05, 0) is 0 Å². The monoisotopic (exact) mass is 168 g/mol. The summed E-state index contributed by atoms with van der Waals surface area (Å²) in [7, 11) is 0. The lowest BCUT2D eigenvalue weighted by Crippen LogP contribution is -2.04. The van der Waals surface area contributed by atoms with Gasteiger partial charge in [0.1, 0.15) is 11.6 Å². The van der Waals surface area contributed by atoms with E-state index in [1.807, 2.05) is 0 Å². The van der Waals surface area contributed by atoms with E-state index >= 15 is 0 Å². The molecule has 0 aliphatic carbocycles. The molecule has 0 aromatic carbocycles. The second-order valence-corrected chi connectivity index (χ2v) is 2.22. The molecule has 0 aliphatic heterocycles. The zero-order valence-electron chi connectivity index (χ0n) is 6.46. The van der Waals surface area contributed by atoms with Crippen LogP contribution < -0.4 is 0 Å². The molecule has 0 rings (SSSR count). The van der Waals surface area contributed by atoms with Crippen LogP contribution in [0.1, 0.15) is 25.7 Å². The fourth-order valence-electron chi connectivity index (χ4n) is 0.617. The van der Waals surface area contributed by atoms with E-state index in [4.69, 9.17) is 0 Å². The van der Waals surface area contributed by atoms with Crippen LogP contribution >= 0.6 is 0 Å². The van der Waals surface area contributed by atoms with Gasteiger partial charge in [-0.1, -0.05) is 0 Å². The highest BCUT2D eigenvalue weighted by molar-refractivity contribution is 5.95. The lowest BCUT2D eigenvalue weighted by Gasteiger charge is -1.92. The first-order valence-corrected chi connectivity index (χ1v) is 3.44. The van der Waals surface area contributed by atoms with Crippen molar-refractivity contribution in [3.05, 3.63) is 0 Å². The fraction of sp³-hybridized carbons (Fsp3) is 0.500. The van der Waals surface area contributed by atoms with E-state index in [9.17, 15) is 19.2 Å². The molecule has 0 saturated carbocycles. The molecule has 0 spiro atoms. The number of carbonyl (C=O) groups is 2. The number of carbonyl (C=O) groups excluding carboxylic acids is 4. The first-order valence-electron chi connectivity index (χ1n) is 3.44. The Labute approximate surface area is 69.9 Å². The van der Waals surface area contributed by atoms with E-state index in [-0.39, 0.29) is 37.2 Å². The largest absolute Gasteiger partial charge is 0.299 e. The molecule has 0 heterocycles. The van der Waals surface area contributed by atoms with Crippen LogP contribution in [0.5, 0.6) is 0 Å². The van der Waals surface area contributed by atoms with Gasteiger partial charge in [0.25, 0.3) is 0 Å². The van der Waals surface area contributed by atoms with Crippen molar-refractivity contribution >= 4 is 24.1 Å². The molecule has 0 fully saturated rings. The zero-order chi connectivity index (χ0) is 9.40. The predicted molar refractivity (Wildman–Crippen MR) is 39.9 cm³/mol. The average molecular weight is 168 g/mol. The Morgan fingerprint density at radius 1 is 0.833 bits per heavy atom. The summed E-state index contributed by atoms with van der Waals surface area (Å²) in [6.07, 6.45) is 2.33. The van der Waals surface area contributed by atoms with Crippen LogP contribution in [-0.4, -0.2) is 24.1 Å². The zero-order valence-corrected chi connectivity index (χ0v) is 6.46. The number of rotatable bonds is 7. The fourth-order valence-corrected chi connectivity index (χ4v) is 0.617. The van der Waals surface area contributed by atoms with Crippen molar-refractivity contribution in [2.24, 2.45) is 0 Å². The van der Waals surface area contributed by atoms with E-state index in [1.165, 1.54) is 12.6 Å². The van der Waals surface area contributed by atoms with Crippen LogP contribution in [0.4, 0.5) is 0 Å². The number of Topliss-reactive ketones (excluding diaryl/α,β-unsaturated/α-hetero) is 2. The summed E-state index contributed by atoms with van der Waals surface area (Å²) in [5, 5.41) is 0. The molecule has 64 valence electrons. The summed E-state index contributed by atoms with van der Waals surface area (Å²) in [4.78, 5) is 40.7. The van der Waals surface area contributed by atoms with Gasteiger partial charge < -0.3 is 0 Å². The molecule has 0 amide bonds. The quantitative estimate of drug-likeness (QED) is 0.498. The van der Waals surface area contributed by atoms with Gasteiger partial charge in [0, 0.05) is 12.8 Å². The first kappa shape index (κ1) is 10.7. The van der Waals surface area contributed by atoms with Crippen molar-refractivity contribution in [1.82, 2.24) is 0 Å². The second kappa shape index (κ2) is 6.39. The van der Waals surface area contributed by atoms with Crippen molar-refractivity contribution in [2.75, 3.05) is 0 Å². The van der Waals surface area contributed by atoms with Crippen molar-refractivity contribution in [2.45, 2.75) is 25.7 Å². The van der Waals surface area contributed by atoms with Crippen LogP contribution in [-0.2, 0) is 19.2 Å². The SMILES string of the molecule is O=[C]CC(=O)CCC(=O)C[C]=O. The standard InChI is InChI=1S/C8H8O4/c9-5-3-7(11)1-2-8(12)4-6-10/h1-4H2. The Bertz CT molecular complexity index is 173. The van der Waals surface area contributed by atoms with Gasteiger partial charge in [0.15, 0.2) is 0 Å². The van der Waals surface area contributed by atoms with Gasteiger partial charge in [-0.25, -0.2) is 0 Å². The molecule has 0 unspecified atom stereocenters. The molecule has 0 aromatic heterocycles. The maximum Gasteiger partial charge on any atom is 0.206 e. The summed E-state index contributed by atoms with van der Waals surface area (Å²) in [5.74, 6) is -0.659. The van der Waals surface area contributed by atoms with E-state index in [0.29, 0.717) is 0 Å². The minimum atomic E-state index is -0.329. The van der Waals surface area contributed by atoms with Gasteiger partial charge in [-0.3, -0.25) is 19.2 Å². The first-order chi connectivity index (χ1) is 5.70. The molecule has 0 bridgehead atoms. The molecule has 4 heteroatoms. The maximum absolute atomic E-state index is 10.6. The molecule has 0 saturated heterocycles. The highest BCUT2D eigenvalue weighted by atomic mass is 16.1. The lowest BCUT2D eigenvalue weighted by atomic mass is 10.1. The Morgan fingerprint density at radius 3 is 1.42 bits per heavy atom. The van der Waals surface area contributed by atoms with Crippen molar-refractivity contribution < 1.29 is 19.2 Å². The third-order valence-corrected chi connectivity index (χ3v) is 1.22. The van der Waals surface area contributed by atoms with Gasteiger partial charge in [-0.2, -0.15) is 0 Å². The summed E-state index contributed by atoms with van der Waals surface area (Å²) < 4.78 is 0. The van der Waals surface area contributed by atoms with Crippen LogP contribution in [0.25, 0.3) is 0 Å². The Morgan fingerprint density at radius 2 is 1.17 bits per heavy atom. The molecular formula is C8H8O4. The van der Waals surface area contributed by atoms with E-state index in [0.717, 1.165) is 0 Å².